The third kappa shape index (κ3) is 6.38. The van der Waals surface area contributed by atoms with Gasteiger partial charge in [-0.15, -0.1) is 0 Å². The monoisotopic (exact) mass is 527 g/mol. The average Bonchev–Trinajstić information content (AvgIpc) is 3.33. The minimum absolute atomic E-state index is 0.157. The van der Waals surface area contributed by atoms with E-state index in [0.717, 1.165) is 81.5 Å². The number of benzene rings is 2. The van der Waals surface area contributed by atoms with E-state index in [2.05, 4.69) is 20.9 Å². The van der Waals surface area contributed by atoms with Crippen molar-refractivity contribution in [2.24, 2.45) is 5.92 Å². The molecule has 2 aliphatic rings. The Balaban J connectivity index is 1.38. The number of aromatic nitrogens is 2. The van der Waals surface area contributed by atoms with E-state index in [-0.39, 0.29) is 17.7 Å². The van der Waals surface area contributed by atoms with E-state index in [0.29, 0.717) is 29.4 Å². The van der Waals surface area contributed by atoms with Crippen LogP contribution in [0.2, 0.25) is 0 Å². The minimum Gasteiger partial charge on any atom is -0.379 e. The molecule has 8 nitrogen and oxygen atoms in total. The number of nitrogens with zero attached hydrogens (tertiary/aromatic N) is 4. The first-order valence-corrected chi connectivity index (χ1v) is 14.2. The van der Waals surface area contributed by atoms with Crippen LogP contribution in [0.3, 0.4) is 0 Å². The SMILES string of the molecule is CC(C(=O)C1CCCCC1)c1ccc2c(c1)nc(NC(=O)c1ccc(C#N)cc1)n2CCCN1CCOCC1. The van der Waals surface area contributed by atoms with Gasteiger partial charge in [0.05, 0.1) is 35.9 Å². The molecule has 1 atom stereocenters. The van der Waals surface area contributed by atoms with E-state index in [1.807, 2.05) is 25.1 Å². The van der Waals surface area contributed by atoms with Crippen molar-refractivity contribution in [2.45, 2.75) is 57.9 Å². The zero-order chi connectivity index (χ0) is 27.2. The van der Waals surface area contributed by atoms with E-state index >= 15 is 0 Å². The molecule has 0 bridgehead atoms. The summed E-state index contributed by atoms with van der Waals surface area (Å²) in [6.45, 7) is 7.04. The highest BCUT2D eigenvalue weighted by atomic mass is 16.5. The average molecular weight is 528 g/mol. The number of aryl methyl sites for hydroxylation is 1. The molecule has 0 radical (unpaired) electrons. The maximum Gasteiger partial charge on any atom is 0.257 e. The Hall–Kier alpha value is -3.54. The van der Waals surface area contributed by atoms with Gasteiger partial charge in [0.2, 0.25) is 5.95 Å². The summed E-state index contributed by atoms with van der Waals surface area (Å²) in [7, 11) is 0. The van der Waals surface area contributed by atoms with Crippen LogP contribution in [0.5, 0.6) is 0 Å². The second-order valence-electron chi connectivity index (χ2n) is 10.7. The number of anilines is 1. The Bertz CT molecular complexity index is 1350. The van der Waals surface area contributed by atoms with E-state index in [1.165, 1.54) is 6.42 Å². The lowest BCUT2D eigenvalue weighted by molar-refractivity contribution is -0.124. The summed E-state index contributed by atoms with van der Waals surface area (Å²) >= 11 is 0. The first-order valence-electron chi connectivity index (χ1n) is 14.2. The molecule has 1 aromatic heterocycles. The number of ether oxygens (including phenoxy) is 1. The van der Waals surface area contributed by atoms with Gasteiger partial charge in [0, 0.05) is 43.6 Å². The normalized spacial score (nSPS) is 17.5. The molecule has 39 heavy (non-hydrogen) atoms. The van der Waals surface area contributed by atoms with Crippen LogP contribution in [0.15, 0.2) is 42.5 Å². The molecule has 1 saturated heterocycles. The van der Waals surface area contributed by atoms with Gasteiger partial charge in [-0.1, -0.05) is 32.3 Å². The number of carbonyl (C=O) groups excluding carboxylic acids is 2. The summed E-state index contributed by atoms with van der Waals surface area (Å²) in [5.41, 5.74) is 3.66. The molecule has 1 saturated carbocycles. The first-order chi connectivity index (χ1) is 19.0. The number of ketones is 1. The number of nitriles is 1. The summed E-state index contributed by atoms with van der Waals surface area (Å²) in [5, 5.41) is 12.1. The van der Waals surface area contributed by atoms with Gasteiger partial charge < -0.3 is 9.30 Å². The topological polar surface area (TPSA) is 100 Å². The Morgan fingerprint density at radius 1 is 1.08 bits per heavy atom. The van der Waals surface area contributed by atoms with Gasteiger partial charge in [-0.25, -0.2) is 4.98 Å². The largest absolute Gasteiger partial charge is 0.379 e. The van der Waals surface area contributed by atoms with Crippen LogP contribution in [0.1, 0.15) is 72.9 Å². The maximum absolute atomic E-state index is 13.2. The highest BCUT2D eigenvalue weighted by Gasteiger charge is 2.27. The third-order valence-corrected chi connectivity index (χ3v) is 8.17. The van der Waals surface area contributed by atoms with Crippen molar-refractivity contribution < 1.29 is 14.3 Å². The molecule has 8 heteroatoms. The van der Waals surface area contributed by atoms with Crippen molar-refractivity contribution in [1.29, 1.82) is 5.26 Å². The maximum atomic E-state index is 13.2. The molecule has 1 aliphatic carbocycles. The number of hydrogen-bond acceptors (Lipinski definition) is 6. The van der Waals surface area contributed by atoms with Gasteiger partial charge in [-0.3, -0.25) is 19.8 Å². The zero-order valence-electron chi connectivity index (χ0n) is 22.7. The summed E-state index contributed by atoms with van der Waals surface area (Å²) in [5.74, 6) is 0.522. The predicted molar refractivity (Wildman–Crippen MR) is 151 cm³/mol. The summed E-state index contributed by atoms with van der Waals surface area (Å²) in [6, 6.07) is 14.7. The fourth-order valence-corrected chi connectivity index (χ4v) is 5.79. The molecule has 204 valence electrons. The van der Waals surface area contributed by atoms with Gasteiger partial charge in [0.25, 0.3) is 5.91 Å². The highest BCUT2D eigenvalue weighted by molar-refractivity contribution is 6.04. The van der Waals surface area contributed by atoms with Crippen LogP contribution in [-0.2, 0) is 16.1 Å². The smallest absolute Gasteiger partial charge is 0.257 e. The van der Waals surface area contributed by atoms with Crippen molar-refractivity contribution in [3.63, 3.8) is 0 Å². The highest BCUT2D eigenvalue weighted by Crippen LogP contribution is 2.32. The first kappa shape index (κ1) is 27.0. The number of fused-ring (bicyclic) bond motifs is 1. The second-order valence-corrected chi connectivity index (χ2v) is 10.7. The summed E-state index contributed by atoms with van der Waals surface area (Å²) in [4.78, 5) is 33.5. The van der Waals surface area contributed by atoms with Crippen LogP contribution in [0.4, 0.5) is 5.95 Å². The van der Waals surface area contributed by atoms with Gasteiger partial charge in [0.15, 0.2) is 0 Å². The van der Waals surface area contributed by atoms with Gasteiger partial charge in [-0.2, -0.15) is 5.26 Å². The van der Waals surface area contributed by atoms with Crippen LogP contribution in [-0.4, -0.2) is 59.0 Å². The van der Waals surface area contributed by atoms with Crippen molar-refractivity contribution in [2.75, 3.05) is 38.2 Å². The molecular weight excluding hydrogens is 490 g/mol. The van der Waals surface area contributed by atoms with Gasteiger partial charge >= 0.3 is 0 Å². The van der Waals surface area contributed by atoms with Crippen LogP contribution < -0.4 is 5.32 Å². The fraction of sp³-hybridized carbons (Fsp3) is 0.484. The van der Waals surface area contributed by atoms with Crippen molar-refractivity contribution in [3.05, 3.63) is 59.2 Å². The molecular formula is C31H37N5O3. The van der Waals surface area contributed by atoms with E-state index in [1.54, 1.807) is 24.3 Å². The van der Waals surface area contributed by atoms with Crippen molar-refractivity contribution >= 4 is 28.7 Å². The molecule has 1 unspecified atom stereocenters. The van der Waals surface area contributed by atoms with E-state index in [4.69, 9.17) is 15.0 Å². The van der Waals surface area contributed by atoms with Crippen LogP contribution in [0.25, 0.3) is 11.0 Å². The predicted octanol–water partition coefficient (Wildman–Crippen LogP) is 5.14. The fourth-order valence-electron chi connectivity index (χ4n) is 5.79. The number of Topliss-reactive ketones (excluding diaryl/α,β-unsaturated/α-hetero) is 1. The van der Waals surface area contributed by atoms with Gasteiger partial charge in [-0.05, 0) is 61.2 Å². The molecule has 1 amide bonds. The molecule has 1 N–H and O–H groups in total. The zero-order valence-corrected chi connectivity index (χ0v) is 22.7. The molecule has 1 aliphatic heterocycles. The Morgan fingerprint density at radius 3 is 2.54 bits per heavy atom. The minimum atomic E-state index is -0.273. The number of hydrogen-bond donors (Lipinski definition) is 1. The summed E-state index contributed by atoms with van der Waals surface area (Å²) in [6.07, 6.45) is 6.40. The van der Waals surface area contributed by atoms with Crippen molar-refractivity contribution in [1.82, 2.24) is 14.5 Å². The molecule has 5 rings (SSSR count). The number of rotatable bonds is 9. The third-order valence-electron chi connectivity index (χ3n) is 8.17. The van der Waals surface area contributed by atoms with Gasteiger partial charge in [0.1, 0.15) is 5.78 Å². The quantitative estimate of drug-likeness (QED) is 0.414. The number of carbonyl (C=O) groups is 2. The number of nitrogens with one attached hydrogen (secondary N) is 1. The molecule has 2 fully saturated rings. The molecule has 2 aromatic carbocycles. The molecule has 3 aromatic rings. The number of amides is 1. The van der Waals surface area contributed by atoms with E-state index in [9.17, 15) is 9.59 Å². The second kappa shape index (κ2) is 12.5. The Labute approximate surface area is 230 Å². The Morgan fingerprint density at radius 2 is 1.82 bits per heavy atom. The van der Waals surface area contributed by atoms with Crippen LogP contribution in [0, 0.1) is 17.2 Å². The lowest BCUT2D eigenvalue weighted by atomic mass is 9.80. The molecule has 2 heterocycles. The Kier molecular flexibility index (Phi) is 8.70. The van der Waals surface area contributed by atoms with Crippen molar-refractivity contribution in [3.8, 4) is 6.07 Å². The van der Waals surface area contributed by atoms with Crippen LogP contribution >= 0.6 is 0 Å². The van der Waals surface area contributed by atoms with E-state index < -0.39 is 0 Å². The number of imidazole rings is 1. The lowest BCUT2D eigenvalue weighted by Crippen LogP contribution is -2.37. The summed E-state index contributed by atoms with van der Waals surface area (Å²) < 4.78 is 7.53. The number of morpholine rings is 1. The standard InChI is InChI=1S/C31H37N5O3/c1-22(29(37)24-6-3-2-4-7-24)26-12-13-28-27(20-26)33-31(34-30(38)25-10-8-23(21-32)9-11-25)36(28)15-5-14-35-16-18-39-19-17-35/h8-13,20,22,24H,2-7,14-19H2,1H3,(H,33,34,38). The molecule has 0 spiro atoms. The lowest BCUT2D eigenvalue weighted by Gasteiger charge is -2.26.